The Kier molecular flexibility index (Phi) is 8.94. The van der Waals surface area contributed by atoms with Gasteiger partial charge in [-0.15, -0.1) is 0 Å². The van der Waals surface area contributed by atoms with Gasteiger partial charge in [0, 0.05) is 25.4 Å². The zero-order valence-electron chi connectivity index (χ0n) is 18.5. The van der Waals surface area contributed by atoms with E-state index in [4.69, 9.17) is 18.9 Å². The molecule has 0 fully saturated rings. The van der Waals surface area contributed by atoms with Crippen LogP contribution in [-0.2, 0) is 28.9 Å². The molecule has 6 heteroatoms. The summed E-state index contributed by atoms with van der Waals surface area (Å²) >= 11 is 0. The summed E-state index contributed by atoms with van der Waals surface area (Å²) in [4.78, 5) is 7.49. The molecule has 2 atom stereocenters. The number of hydrogen-bond acceptors (Lipinski definition) is 5. The van der Waals surface area contributed by atoms with Gasteiger partial charge < -0.3 is 23.9 Å². The number of hydrogen-bond donors (Lipinski definition) is 1. The van der Waals surface area contributed by atoms with Crippen LogP contribution in [0.3, 0.4) is 0 Å². The van der Waals surface area contributed by atoms with Gasteiger partial charge in [0.25, 0.3) is 0 Å². The molecule has 0 spiro atoms. The smallest absolute Gasteiger partial charge is 0.118 e. The van der Waals surface area contributed by atoms with Crippen molar-refractivity contribution in [1.82, 2.24) is 9.97 Å². The Morgan fingerprint density at radius 3 is 2.06 bits per heavy atom. The molecule has 1 heterocycles. The number of nitrogens with zero attached hydrogens (tertiary/aromatic N) is 1. The average Bonchev–Trinajstić information content (AvgIpc) is 3.31. The van der Waals surface area contributed by atoms with Gasteiger partial charge >= 0.3 is 0 Å². The molecule has 3 rings (SSSR count). The lowest BCUT2D eigenvalue weighted by atomic mass is 10.0. The second-order valence-electron chi connectivity index (χ2n) is 7.72. The quantitative estimate of drug-likeness (QED) is 0.439. The van der Waals surface area contributed by atoms with Crippen molar-refractivity contribution < 1.29 is 18.9 Å². The van der Waals surface area contributed by atoms with Crippen molar-refractivity contribution >= 4 is 0 Å². The maximum atomic E-state index is 6.24. The molecule has 2 aromatic carbocycles. The first-order valence-corrected chi connectivity index (χ1v) is 10.6. The minimum absolute atomic E-state index is 0.0669. The van der Waals surface area contributed by atoms with Crippen LogP contribution < -0.4 is 9.47 Å². The first kappa shape index (κ1) is 22.8. The Balaban J connectivity index is 1.48. The maximum absolute atomic E-state index is 6.24. The summed E-state index contributed by atoms with van der Waals surface area (Å²) in [6, 6.07) is 16.1. The summed E-state index contributed by atoms with van der Waals surface area (Å²) in [5.41, 5.74) is 2.38. The Labute approximate surface area is 184 Å². The number of imidazole rings is 1. The third-order valence-electron chi connectivity index (χ3n) is 5.07. The van der Waals surface area contributed by atoms with Crippen molar-refractivity contribution in [2.75, 3.05) is 27.4 Å². The van der Waals surface area contributed by atoms with Gasteiger partial charge in [-0.2, -0.15) is 0 Å². The molecule has 1 aromatic heterocycles. The van der Waals surface area contributed by atoms with Crippen LogP contribution in [0.4, 0.5) is 0 Å². The lowest BCUT2D eigenvalue weighted by Crippen LogP contribution is -2.26. The van der Waals surface area contributed by atoms with E-state index in [0.29, 0.717) is 32.2 Å². The highest BCUT2D eigenvalue weighted by atomic mass is 16.5. The van der Waals surface area contributed by atoms with Crippen LogP contribution in [0.2, 0.25) is 0 Å². The molecule has 2 unspecified atom stereocenters. The molecule has 0 aliphatic carbocycles. The first-order chi connectivity index (χ1) is 15.2. The van der Waals surface area contributed by atoms with E-state index in [1.165, 1.54) is 5.56 Å². The zero-order valence-corrected chi connectivity index (χ0v) is 18.5. The second kappa shape index (κ2) is 12.1. The summed E-state index contributed by atoms with van der Waals surface area (Å²) in [6.07, 6.45) is 5.16. The molecule has 1 N–H and O–H groups in total. The molecule has 0 amide bonds. The highest BCUT2D eigenvalue weighted by molar-refractivity contribution is 5.27. The SMILES string of the molecule is COc1ccc(COCC(Cc2ncc[nH]2)OCC(C)Cc2ccc(OC)cc2)cc1. The number of benzene rings is 2. The number of aromatic nitrogens is 2. The summed E-state index contributed by atoms with van der Waals surface area (Å²) < 4.78 is 22.6. The van der Waals surface area contributed by atoms with Crippen LogP contribution in [-0.4, -0.2) is 43.5 Å². The highest BCUT2D eigenvalue weighted by Gasteiger charge is 2.15. The fraction of sp³-hybridized carbons (Fsp3) is 0.400. The summed E-state index contributed by atoms with van der Waals surface area (Å²) in [6.45, 7) is 3.89. The van der Waals surface area contributed by atoms with Gasteiger partial charge in [0.15, 0.2) is 0 Å². The number of ether oxygens (including phenoxy) is 4. The normalized spacial score (nSPS) is 13.0. The van der Waals surface area contributed by atoms with Crippen LogP contribution in [0.1, 0.15) is 23.9 Å². The van der Waals surface area contributed by atoms with Crippen molar-refractivity contribution in [3.05, 3.63) is 77.9 Å². The summed E-state index contributed by atoms with van der Waals surface area (Å²) in [5.74, 6) is 3.00. The maximum Gasteiger partial charge on any atom is 0.118 e. The van der Waals surface area contributed by atoms with Gasteiger partial charge in [-0.05, 0) is 47.7 Å². The van der Waals surface area contributed by atoms with Crippen molar-refractivity contribution in [2.24, 2.45) is 5.92 Å². The van der Waals surface area contributed by atoms with E-state index in [0.717, 1.165) is 29.3 Å². The van der Waals surface area contributed by atoms with Crippen molar-refractivity contribution in [2.45, 2.75) is 32.5 Å². The first-order valence-electron chi connectivity index (χ1n) is 10.6. The topological polar surface area (TPSA) is 65.6 Å². The molecule has 0 saturated carbocycles. The minimum Gasteiger partial charge on any atom is -0.497 e. The van der Waals surface area contributed by atoms with E-state index in [1.807, 2.05) is 42.6 Å². The predicted molar refractivity (Wildman–Crippen MR) is 121 cm³/mol. The number of methoxy groups -OCH3 is 2. The molecular formula is C25H32N2O4. The Bertz CT molecular complexity index is 864. The van der Waals surface area contributed by atoms with Crippen LogP contribution in [0.5, 0.6) is 11.5 Å². The van der Waals surface area contributed by atoms with Crippen LogP contribution in [0, 0.1) is 5.92 Å². The molecule has 3 aromatic rings. The van der Waals surface area contributed by atoms with Crippen LogP contribution in [0.25, 0.3) is 0 Å². The van der Waals surface area contributed by atoms with Crippen LogP contribution >= 0.6 is 0 Å². The lowest BCUT2D eigenvalue weighted by molar-refractivity contribution is -0.0322. The van der Waals surface area contributed by atoms with Gasteiger partial charge in [-0.25, -0.2) is 4.98 Å². The van der Waals surface area contributed by atoms with Gasteiger partial charge in [0.05, 0.1) is 33.5 Å². The monoisotopic (exact) mass is 424 g/mol. The number of rotatable bonds is 13. The van der Waals surface area contributed by atoms with Gasteiger partial charge in [-0.1, -0.05) is 31.2 Å². The van der Waals surface area contributed by atoms with E-state index in [1.54, 1.807) is 20.4 Å². The van der Waals surface area contributed by atoms with Crippen molar-refractivity contribution in [1.29, 1.82) is 0 Å². The minimum atomic E-state index is -0.0669. The molecule has 166 valence electrons. The Hall–Kier alpha value is -2.83. The fourth-order valence-electron chi connectivity index (χ4n) is 3.34. The molecule has 6 nitrogen and oxygen atoms in total. The van der Waals surface area contributed by atoms with E-state index in [2.05, 4.69) is 29.0 Å². The van der Waals surface area contributed by atoms with E-state index < -0.39 is 0 Å². The predicted octanol–water partition coefficient (Wildman–Crippen LogP) is 4.45. The molecule has 0 saturated heterocycles. The molecule has 0 aliphatic rings. The third-order valence-corrected chi connectivity index (χ3v) is 5.07. The van der Waals surface area contributed by atoms with Gasteiger partial charge in [0.1, 0.15) is 17.3 Å². The van der Waals surface area contributed by atoms with E-state index in [9.17, 15) is 0 Å². The molecular weight excluding hydrogens is 392 g/mol. The average molecular weight is 425 g/mol. The summed E-state index contributed by atoms with van der Waals surface area (Å²) in [5, 5.41) is 0. The number of H-pyrrole nitrogens is 1. The van der Waals surface area contributed by atoms with E-state index >= 15 is 0 Å². The van der Waals surface area contributed by atoms with E-state index in [-0.39, 0.29) is 6.10 Å². The highest BCUT2D eigenvalue weighted by Crippen LogP contribution is 2.16. The van der Waals surface area contributed by atoms with Crippen LogP contribution in [0.15, 0.2) is 60.9 Å². The molecule has 0 bridgehead atoms. The van der Waals surface area contributed by atoms with Gasteiger partial charge in [-0.3, -0.25) is 0 Å². The number of aromatic amines is 1. The fourth-order valence-corrected chi connectivity index (χ4v) is 3.34. The van der Waals surface area contributed by atoms with Crippen molar-refractivity contribution in [3.8, 4) is 11.5 Å². The Morgan fingerprint density at radius 1 is 0.839 bits per heavy atom. The largest absolute Gasteiger partial charge is 0.497 e. The number of nitrogens with one attached hydrogen (secondary N) is 1. The third kappa shape index (κ3) is 7.74. The molecule has 31 heavy (non-hydrogen) atoms. The summed E-state index contributed by atoms with van der Waals surface area (Å²) in [7, 11) is 3.35. The molecule has 0 radical (unpaired) electrons. The zero-order chi connectivity index (χ0) is 21.9. The van der Waals surface area contributed by atoms with Gasteiger partial charge in [0.2, 0.25) is 0 Å². The van der Waals surface area contributed by atoms with Crippen molar-refractivity contribution in [3.63, 3.8) is 0 Å². The second-order valence-corrected chi connectivity index (χ2v) is 7.72. The molecule has 0 aliphatic heterocycles. The lowest BCUT2D eigenvalue weighted by Gasteiger charge is -2.20. The standard InChI is InChI=1S/C25H32N2O4/c1-19(14-20-4-8-22(28-2)9-5-20)16-31-24(15-25-26-12-13-27-25)18-30-17-21-6-10-23(29-3)11-7-21/h4-13,19,24H,14-18H2,1-3H3,(H,26,27). The Morgan fingerprint density at radius 2 is 1.48 bits per heavy atom.